The van der Waals surface area contributed by atoms with Crippen molar-refractivity contribution >= 4 is 33.7 Å². The number of rotatable bonds is 6. The summed E-state index contributed by atoms with van der Waals surface area (Å²) >= 11 is -1.34. The maximum atomic E-state index is 13.2. The van der Waals surface area contributed by atoms with Crippen LogP contribution < -0.4 is 4.90 Å². The number of ketones is 1. The zero-order valence-corrected chi connectivity index (χ0v) is 18.3. The molecule has 5 rings (SSSR count). The number of benzene rings is 3. The van der Waals surface area contributed by atoms with Gasteiger partial charge in [-0.2, -0.15) is 4.98 Å². The molecule has 4 aromatic rings. The highest BCUT2D eigenvalue weighted by Gasteiger charge is 2.22. The first-order chi connectivity index (χ1) is 15.7. The average molecular weight is 446 g/mol. The minimum Gasteiger partial charge on any atom is -0.609 e. The van der Waals surface area contributed by atoms with Crippen molar-refractivity contribution in [2.45, 2.75) is 10.9 Å². The Kier molecular flexibility index (Phi) is 5.94. The molecule has 0 spiro atoms. The zero-order chi connectivity index (χ0) is 21.9. The smallest absolute Gasteiger partial charge is 0.321 e. The van der Waals surface area contributed by atoms with Gasteiger partial charge in [-0.15, -0.1) is 0 Å². The van der Waals surface area contributed by atoms with E-state index < -0.39 is 11.2 Å². The summed E-state index contributed by atoms with van der Waals surface area (Å²) in [6.07, 6.45) is 0. The predicted octanol–water partition coefficient (Wildman–Crippen LogP) is 3.94. The Morgan fingerprint density at radius 3 is 2.56 bits per heavy atom. The lowest BCUT2D eigenvalue weighted by molar-refractivity contribution is 0.103. The van der Waals surface area contributed by atoms with Crippen LogP contribution in [-0.2, 0) is 21.7 Å². The van der Waals surface area contributed by atoms with Gasteiger partial charge >= 0.3 is 5.16 Å². The fourth-order valence-corrected chi connectivity index (χ4v) is 5.03. The van der Waals surface area contributed by atoms with E-state index in [1.165, 1.54) is 0 Å². The van der Waals surface area contributed by atoms with Crippen LogP contribution in [0.1, 0.15) is 21.5 Å². The molecule has 1 atom stereocenters. The monoisotopic (exact) mass is 445 g/mol. The summed E-state index contributed by atoms with van der Waals surface area (Å²) in [5, 5.41) is 0.418. The number of fused-ring (bicyclic) bond motifs is 1. The molecule has 32 heavy (non-hydrogen) atoms. The minimum atomic E-state index is -1.34. The number of aromatic nitrogens is 2. The lowest BCUT2D eigenvalue weighted by atomic mass is 10.0. The fourth-order valence-electron chi connectivity index (χ4n) is 3.94. The first-order valence-corrected chi connectivity index (χ1v) is 11.9. The van der Waals surface area contributed by atoms with E-state index in [4.69, 9.17) is 4.74 Å². The Morgan fingerprint density at radius 2 is 1.75 bits per heavy atom. The van der Waals surface area contributed by atoms with Gasteiger partial charge in [0.15, 0.2) is 5.78 Å². The molecule has 0 radical (unpaired) electrons. The van der Waals surface area contributed by atoms with Crippen LogP contribution in [0.3, 0.4) is 0 Å². The van der Waals surface area contributed by atoms with E-state index in [-0.39, 0.29) is 5.78 Å². The standard InChI is InChI=1S/C25H23N3O3S/c29-24(18-6-2-1-3-7-18)19-10-11-21-22(16-19)27-25(26-21)32(30)17-20-8-4-5-9-23(20)28-12-14-31-15-13-28/h1-11,16H,12-15,17H2,(H,26,27). The minimum absolute atomic E-state index is 0.0578. The molecule has 0 bridgehead atoms. The summed E-state index contributed by atoms with van der Waals surface area (Å²) < 4.78 is 18.6. The van der Waals surface area contributed by atoms with Crippen LogP contribution >= 0.6 is 0 Å². The van der Waals surface area contributed by atoms with Gasteiger partial charge in [0.1, 0.15) is 5.75 Å². The number of nitrogens with one attached hydrogen (secondary N) is 1. The molecule has 1 saturated heterocycles. The number of imidazole rings is 1. The first-order valence-electron chi connectivity index (χ1n) is 10.6. The predicted molar refractivity (Wildman–Crippen MR) is 126 cm³/mol. The molecule has 3 aromatic carbocycles. The molecule has 6 nitrogen and oxygen atoms in total. The number of anilines is 1. The molecule has 1 aliphatic rings. The topological polar surface area (TPSA) is 81.3 Å². The molecular weight excluding hydrogens is 422 g/mol. The number of para-hydroxylation sites is 1. The number of hydrogen-bond donors (Lipinski definition) is 1. The molecule has 0 amide bonds. The number of H-pyrrole nitrogens is 1. The number of hydrogen-bond acceptors (Lipinski definition) is 5. The van der Waals surface area contributed by atoms with Gasteiger partial charge in [-0.25, -0.2) is 0 Å². The molecule has 7 heteroatoms. The van der Waals surface area contributed by atoms with Crippen molar-refractivity contribution in [3.05, 3.63) is 89.5 Å². The van der Waals surface area contributed by atoms with Gasteiger partial charge in [0, 0.05) is 46.6 Å². The quantitative estimate of drug-likeness (QED) is 0.359. The summed E-state index contributed by atoms with van der Waals surface area (Å²) in [6.45, 7) is 3.05. The fraction of sp³-hybridized carbons (Fsp3) is 0.200. The lowest BCUT2D eigenvalue weighted by Gasteiger charge is -2.30. The number of carbonyl (C=O) groups is 1. The Labute approximate surface area is 189 Å². The van der Waals surface area contributed by atoms with Crippen LogP contribution in [0.4, 0.5) is 5.69 Å². The van der Waals surface area contributed by atoms with E-state index in [0.29, 0.717) is 40.8 Å². The van der Waals surface area contributed by atoms with E-state index in [1.807, 2.05) is 42.5 Å². The van der Waals surface area contributed by atoms with Crippen molar-refractivity contribution in [3.8, 4) is 0 Å². The third-order valence-corrected chi connectivity index (χ3v) is 6.80. The van der Waals surface area contributed by atoms with Gasteiger partial charge in [-0.05, 0) is 24.3 Å². The van der Waals surface area contributed by atoms with E-state index in [1.54, 1.807) is 24.3 Å². The van der Waals surface area contributed by atoms with Crippen molar-refractivity contribution in [2.75, 3.05) is 31.2 Å². The summed E-state index contributed by atoms with van der Waals surface area (Å²) in [5.74, 6) is 0.306. The van der Waals surface area contributed by atoms with Gasteiger partial charge in [-0.1, -0.05) is 48.5 Å². The highest BCUT2D eigenvalue weighted by atomic mass is 32.2. The van der Waals surface area contributed by atoms with E-state index >= 15 is 0 Å². The summed E-state index contributed by atoms with van der Waals surface area (Å²) in [6, 6.07) is 22.6. The summed E-state index contributed by atoms with van der Waals surface area (Å²) in [5.41, 5.74) is 4.70. The lowest BCUT2D eigenvalue weighted by Crippen LogP contribution is -2.36. The SMILES string of the molecule is O=C(c1ccccc1)c1ccc2[nH]c([S+]([O-])Cc3ccccc3N3CCOCC3)nc2c1. The number of aromatic amines is 1. The third kappa shape index (κ3) is 4.27. The van der Waals surface area contributed by atoms with E-state index in [0.717, 1.165) is 29.9 Å². The van der Waals surface area contributed by atoms with Crippen molar-refractivity contribution < 1.29 is 14.1 Å². The Morgan fingerprint density at radius 1 is 1.00 bits per heavy atom. The van der Waals surface area contributed by atoms with Crippen molar-refractivity contribution in [1.82, 2.24) is 9.97 Å². The molecule has 1 unspecified atom stereocenters. The second kappa shape index (κ2) is 9.16. The maximum absolute atomic E-state index is 13.2. The molecule has 1 fully saturated rings. The van der Waals surface area contributed by atoms with Gasteiger partial charge in [0.25, 0.3) is 0 Å². The number of ether oxygens (including phenoxy) is 1. The van der Waals surface area contributed by atoms with E-state index in [2.05, 4.69) is 20.9 Å². The van der Waals surface area contributed by atoms with Crippen molar-refractivity contribution in [3.63, 3.8) is 0 Å². The number of carbonyl (C=O) groups excluding carboxylic acids is 1. The highest BCUT2D eigenvalue weighted by molar-refractivity contribution is 7.90. The van der Waals surface area contributed by atoms with Crippen LogP contribution in [0, 0.1) is 0 Å². The Hall–Kier alpha value is -3.13. The van der Waals surface area contributed by atoms with Gasteiger partial charge in [0.05, 0.1) is 24.2 Å². The molecular formula is C25H23N3O3S. The van der Waals surface area contributed by atoms with Crippen molar-refractivity contribution in [1.29, 1.82) is 0 Å². The Balaban J connectivity index is 1.38. The molecule has 162 valence electrons. The summed E-state index contributed by atoms with van der Waals surface area (Å²) in [4.78, 5) is 22.7. The second-order valence-corrected chi connectivity index (χ2v) is 9.05. The normalized spacial score (nSPS) is 15.1. The van der Waals surface area contributed by atoms with Crippen molar-refractivity contribution in [2.24, 2.45) is 0 Å². The third-order valence-electron chi connectivity index (χ3n) is 5.61. The second-order valence-electron chi connectivity index (χ2n) is 7.69. The van der Waals surface area contributed by atoms with E-state index in [9.17, 15) is 9.35 Å². The Bertz CT molecular complexity index is 1240. The zero-order valence-electron chi connectivity index (χ0n) is 17.5. The van der Waals surface area contributed by atoms with Gasteiger partial charge in [0.2, 0.25) is 0 Å². The summed E-state index contributed by atoms with van der Waals surface area (Å²) in [7, 11) is 0. The maximum Gasteiger partial charge on any atom is 0.321 e. The van der Waals surface area contributed by atoms with Crippen LogP contribution in [0.25, 0.3) is 11.0 Å². The number of morpholine rings is 1. The highest BCUT2D eigenvalue weighted by Crippen LogP contribution is 2.26. The van der Waals surface area contributed by atoms with Crippen LogP contribution in [0.5, 0.6) is 0 Å². The molecule has 2 heterocycles. The molecule has 1 aromatic heterocycles. The van der Waals surface area contributed by atoms with Gasteiger partial charge < -0.3 is 14.2 Å². The molecule has 1 aliphatic heterocycles. The van der Waals surface area contributed by atoms with Crippen LogP contribution in [0.15, 0.2) is 78.0 Å². The molecule has 0 aliphatic carbocycles. The van der Waals surface area contributed by atoms with Crippen LogP contribution in [-0.4, -0.2) is 46.6 Å². The molecule has 0 saturated carbocycles. The first kappa shape index (κ1) is 20.8. The van der Waals surface area contributed by atoms with Crippen LogP contribution in [0.2, 0.25) is 0 Å². The molecule has 1 N–H and O–H groups in total. The largest absolute Gasteiger partial charge is 0.609 e. The number of nitrogens with zero attached hydrogens (tertiary/aromatic N) is 2. The van der Waals surface area contributed by atoms with Gasteiger partial charge in [-0.3, -0.25) is 9.78 Å². The average Bonchev–Trinajstić information content (AvgIpc) is 3.29.